The summed E-state index contributed by atoms with van der Waals surface area (Å²) in [7, 11) is 0. The number of nitrogens with two attached hydrogens (primary N) is 1. The van der Waals surface area contributed by atoms with Gasteiger partial charge in [0.05, 0.1) is 0 Å². The van der Waals surface area contributed by atoms with Crippen LogP contribution >= 0.6 is 24.0 Å². The Kier molecular flexibility index (Phi) is 5.75. The molecule has 0 saturated heterocycles. The molecule has 7 rings (SSSR count). The largest absolute Gasteiger partial charge is 0.330 e. The lowest BCUT2D eigenvalue weighted by atomic mass is 9.74. The molecule has 0 radical (unpaired) electrons. The zero-order valence-corrected chi connectivity index (χ0v) is 20.9. The van der Waals surface area contributed by atoms with Gasteiger partial charge in [0.1, 0.15) is 4.99 Å². The van der Waals surface area contributed by atoms with Crippen molar-refractivity contribution in [2.24, 2.45) is 39.8 Å². The average molecular weight is 475 g/mol. The topological polar surface area (TPSA) is 38.4 Å². The molecule has 4 heteroatoms. The van der Waals surface area contributed by atoms with Gasteiger partial charge in [0, 0.05) is 27.2 Å². The highest BCUT2D eigenvalue weighted by Crippen LogP contribution is 2.78. The maximum atomic E-state index is 6.16. The number of rotatable bonds is 6. The van der Waals surface area contributed by atoms with Crippen LogP contribution in [-0.4, -0.2) is 23.0 Å². The summed E-state index contributed by atoms with van der Waals surface area (Å²) in [6.45, 7) is 0.830. The number of hydrogen-bond donors (Lipinski definition) is 1. The molecule has 33 heavy (non-hydrogen) atoms. The van der Waals surface area contributed by atoms with E-state index in [4.69, 9.17) is 22.9 Å². The predicted octanol–water partition coefficient (Wildman–Crippen LogP) is 6.68. The number of thiocarbonyl (C=S) groups is 1. The zero-order chi connectivity index (χ0) is 22.5. The predicted molar refractivity (Wildman–Crippen MR) is 143 cm³/mol. The molecular formula is C29H34N2S2. The van der Waals surface area contributed by atoms with Crippen LogP contribution < -0.4 is 5.73 Å². The van der Waals surface area contributed by atoms with Gasteiger partial charge in [-0.15, -0.1) is 11.8 Å². The van der Waals surface area contributed by atoms with Crippen molar-refractivity contribution in [2.45, 2.75) is 60.5 Å². The van der Waals surface area contributed by atoms with Crippen LogP contribution in [0.25, 0.3) is 0 Å². The van der Waals surface area contributed by atoms with Crippen molar-refractivity contribution in [3.63, 3.8) is 0 Å². The molecule has 0 spiro atoms. The van der Waals surface area contributed by atoms with E-state index in [9.17, 15) is 0 Å². The Morgan fingerprint density at radius 2 is 1.67 bits per heavy atom. The van der Waals surface area contributed by atoms with Crippen LogP contribution in [0, 0.1) is 29.1 Å². The molecule has 5 aliphatic carbocycles. The van der Waals surface area contributed by atoms with E-state index in [2.05, 4.69) is 78.6 Å². The van der Waals surface area contributed by atoms with Crippen LogP contribution in [0.1, 0.15) is 50.5 Å². The first-order valence-electron chi connectivity index (χ1n) is 12.7. The second-order valence-electron chi connectivity index (χ2n) is 11.0. The molecule has 0 amide bonds. The third-order valence-electron chi connectivity index (χ3n) is 9.43. The molecule has 2 aromatic carbocycles. The molecule has 5 aliphatic rings. The van der Waals surface area contributed by atoms with Gasteiger partial charge in [-0.2, -0.15) is 0 Å². The van der Waals surface area contributed by atoms with Crippen molar-refractivity contribution in [3.05, 3.63) is 66.2 Å². The van der Waals surface area contributed by atoms with Gasteiger partial charge in [0.2, 0.25) is 0 Å². The van der Waals surface area contributed by atoms with E-state index in [1.807, 2.05) is 0 Å². The smallest absolute Gasteiger partial charge is 0.109 e. The first-order valence-corrected chi connectivity index (χ1v) is 14.0. The van der Waals surface area contributed by atoms with Crippen LogP contribution in [-0.2, 0) is 5.41 Å². The lowest BCUT2D eigenvalue weighted by Crippen LogP contribution is -2.34. The van der Waals surface area contributed by atoms with Crippen LogP contribution in [0.4, 0.5) is 0 Å². The zero-order valence-electron chi connectivity index (χ0n) is 19.2. The number of benzene rings is 2. The minimum atomic E-state index is 0.104. The normalized spacial score (nSPS) is 39.0. The van der Waals surface area contributed by atoms with Crippen molar-refractivity contribution < 1.29 is 0 Å². The van der Waals surface area contributed by atoms with Crippen LogP contribution in [0.2, 0.25) is 0 Å². The summed E-state index contributed by atoms with van der Waals surface area (Å²) in [6.07, 6.45) is 10.8. The van der Waals surface area contributed by atoms with Crippen molar-refractivity contribution in [3.8, 4) is 0 Å². The Bertz CT molecular complexity index is 1030. The lowest BCUT2D eigenvalue weighted by Gasteiger charge is -2.34. The van der Waals surface area contributed by atoms with E-state index < -0.39 is 0 Å². The van der Waals surface area contributed by atoms with Gasteiger partial charge in [-0.1, -0.05) is 60.7 Å². The fourth-order valence-corrected chi connectivity index (χ4v) is 9.85. The van der Waals surface area contributed by atoms with E-state index >= 15 is 0 Å². The van der Waals surface area contributed by atoms with Crippen LogP contribution in [0.5, 0.6) is 0 Å². The van der Waals surface area contributed by atoms with Crippen molar-refractivity contribution in [2.75, 3.05) is 6.54 Å². The third kappa shape index (κ3) is 3.56. The Hall–Kier alpha value is -1.49. The summed E-state index contributed by atoms with van der Waals surface area (Å²) in [6, 6.07) is 22.3. The SMILES string of the molecule is NCC1CCC(C=NC(=S)C23CC4C(Sc5ccccc5)C2CC4(c2ccccc2)C3)CC1. The molecule has 4 bridgehead atoms. The maximum Gasteiger partial charge on any atom is 0.109 e. The van der Waals surface area contributed by atoms with Gasteiger partial charge in [0.25, 0.3) is 0 Å². The van der Waals surface area contributed by atoms with E-state index in [1.54, 1.807) is 0 Å². The highest BCUT2D eigenvalue weighted by Gasteiger charge is 2.76. The van der Waals surface area contributed by atoms with Gasteiger partial charge in [-0.3, -0.25) is 4.99 Å². The molecule has 2 N–H and O–H groups in total. The number of nitrogens with zero attached hydrogens (tertiary/aromatic N) is 1. The minimum absolute atomic E-state index is 0.104. The lowest BCUT2D eigenvalue weighted by molar-refractivity contribution is 0.331. The van der Waals surface area contributed by atoms with Crippen LogP contribution in [0.3, 0.4) is 0 Å². The first kappa shape index (κ1) is 22.0. The Labute approximate surface area is 207 Å². The minimum Gasteiger partial charge on any atom is -0.330 e. The first-order chi connectivity index (χ1) is 16.1. The Morgan fingerprint density at radius 3 is 2.36 bits per heavy atom. The van der Waals surface area contributed by atoms with E-state index in [1.165, 1.54) is 55.4 Å². The third-order valence-corrected chi connectivity index (χ3v) is 11.4. The highest BCUT2D eigenvalue weighted by molar-refractivity contribution is 8.00. The van der Waals surface area contributed by atoms with E-state index in [-0.39, 0.29) is 10.8 Å². The summed E-state index contributed by atoms with van der Waals surface area (Å²) in [5.41, 5.74) is 7.80. The molecule has 0 aliphatic heterocycles. The molecule has 2 nitrogen and oxygen atoms in total. The Morgan fingerprint density at radius 1 is 0.970 bits per heavy atom. The molecule has 2 aromatic rings. The second-order valence-corrected chi connectivity index (χ2v) is 12.6. The van der Waals surface area contributed by atoms with E-state index in [0.717, 1.165) is 11.5 Å². The molecule has 5 saturated carbocycles. The summed E-state index contributed by atoms with van der Waals surface area (Å²) in [5, 5.41) is 0.634. The second kappa shape index (κ2) is 8.62. The summed E-state index contributed by atoms with van der Waals surface area (Å²) in [5.74, 6) is 2.60. The molecule has 5 unspecified atom stereocenters. The van der Waals surface area contributed by atoms with Crippen molar-refractivity contribution in [1.82, 2.24) is 0 Å². The molecule has 5 atom stereocenters. The number of thioether (sulfide) groups is 1. The van der Waals surface area contributed by atoms with Gasteiger partial charge in [-0.05, 0) is 92.9 Å². The molecular weight excluding hydrogens is 440 g/mol. The number of aliphatic imine (C=N–C) groups is 1. The Balaban J connectivity index is 1.27. The quantitative estimate of drug-likeness (QED) is 0.375. The van der Waals surface area contributed by atoms with Crippen LogP contribution in [0.15, 0.2) is 70.6 Å². The number of hydrogen-bond acceptors (Lipinski definition) is 3. The summed E-state index contributed by atoms with van der Waals surface area (Å²) >= 11 is 8.26. The fourth-order valence-electron chi connectivity index (χ4n) is 7.81. The molecule has 172 valence electrons. The maximum absolute atomic E-state index is 6.16. The molecule has 0 aromatic heterocycles. The monoisotopic (exact) mass is 474 g/mol. The van der Waals surface area contributed by atoms with Gasteiger partial charge in [-0.25, -0.2) is 0 Å². The van der Waals surface area contributed by atoms with Crippen molar-refractivity contribution >= 4 is 35.2 Å². The molecule has 0 heterocycles. The fraction of sp³-hybridized carbons (Fsp3) is 0.517. The van der Waals surface area contributed by atoms with E-state index in [0.29, 0.717) is 28.9 Å². The van der Waals surface area contributed by atoms with Gasteiger partial charge in [0.15, 0.2) is 0 Å². The average Bonchev–Trinajstić information content (AvgIpc) is 3.57. The highest BCUT2D eigenvalue weighted by atomic mass is 32.2. The molecule has 5 fully saturated rings. The van der Waals surface area contributed by atoms with Crippen molar-refractivity contribution in [1.29, 1.82) is 0 Å². The summed E-state index contributed by atoms with van der Waals surface area (Å²) < 4.78 is 0. The standard InChI is InChI=1S/C29H34N2S2/c30-17-20-11-13-21(14-12-20)18-31-27(32)29-16-24-26(33-23-9-5-2-6-10-23)25(29)15-28(24,19-29)22-7-3-1-4-8-22/h1-10,18,20-21,24-26H,11-17,19,30H2. The van der Waals surface area contributed by atoms with Gasteiger partial charge < -0.3 is 5.73 Å². The van der Waals surface area contributed by atoms with Gasteiger partial charge >= 0.3 is 0 Å². The summed E-state index contributed by atoms with van der Waals surface area (Å²) in [4.78, 5) is 7.46.